The van der Waals surface area contributed by atoms with Crippen LogP contribution < -0.4 is 11.1 Å². The molecule has 0 aromatic heterocycles. The molecule has 2 atom stereocenters. The number of hydrogen-bond acceptors (Lipinski definition) is 2. The number of rotatable bonds is 4. The number of nitrogens with two attached hydrogens (primary N) is 1. The highest BCUT2D eigenvalue weighted by molar-refractivity contribution is 9.10. The van der Waals surface area contributed by atoms with E-state index in [0.29, 0.717) is 27.7 Å². The first-order chi connectivity index (χ1) is 9.54. The molecule has 0 spiro atoms. The normalized spacial score (nSPS) is 22.6. The fourth-order valence-corrected chi connectivity index (χ4v) is 3.80. The van der Waals surface area contributed by atoms with Crippen molar-refractivity contribution in [3.8, 4) is 0 Å². The van der Waals surface area contributed by atoms with Crippen molar-refractivity contribution in [1.82, 2.24) is 0 Å². The van der Waals surface area contributed by atoms with Crippen molar-refractivity contribution in [2.45, 2.75) is 45.1 Å². The SMILES string of the molecule is CCC1CCCCC1Nc1ccc(C(N)=S)c(Br)c1F. The molecule has 5 heteroatoms. The van der Waals surface area contributed by atoms with Gasteiger partial charge >= 0.3 is 0 Å². The van der Waals surface area contributed by atoms with Crippen LogP contribution in [0.3, 0.4) is 0 Å². The van der Waals surface area contributed by atoms with E-state index in [4.69, 9.17) is 18.0 Å². The summed E-state index contributed by atoms with van der Waals surface area (Å²) in [6.45, 7) is 2.20. The molecule has 0 saturated heterocycles. The van der Waals surface area contributed by atoms with Gasteiger partial charge in [0, 0.05) is 11.6 Å². The van der Waals surface area contributed by atoms with Gasteiger partial charge in [0.25, 0.3) is 0 Å². The molecule has 110 valence electrons. The monoisotopic (exact) mass is 358 g/mol. The minimum atomic E-state index is -0.310. The van der Waals surface area contributed by atoms with Crippen molar-refractivity contribution in [2.75, 3.05) is 5.32 Å². The van der Waals surface area contributed by atoms with Crippen molar-refractivity contribution >= 4 is 38.8 Å². The van der Waals surface area contributed by atoms with Gasteiger partial charge in [-0.3, -0.25) is 0 Å². The van der Waals surface area contributed by atoms with Crippen LogP contribution in [0.25, 0.3) is 0 Å². The van der Waals surface area contributed by atoms with Gasteiger partial charge in [-0.05, 0) is 46.8 Å². The number of hydrogen-bond donors (Lipinski definition) is 2. The third-order valence-corrected chi connectivity index (χ3v) is 5.12. The largest absolute Gasteiger partial charge is 0.389 e. The zero-order valence-electron chi connectivity index (χ0n) is 11.6. The van der Waals surface area contributed by atoms with Gasteiger partial charge in [-0.2, -0.15) is 0 Å². The first kappa shape index (κ1) is 15.7. The van der Waals surface area contributed by atoms with E-state index < -0.39 is 0 Å². The molecule has 1 aliphatic carbocycles. The van der Waals surface area contributed by atoms with Crippen molar-refractivity contribution < 1.29 is 4.39 Å². The van der Waals surface area contributed by atoms with Crippen LogP contribution in [0.15, 0.2) is 16.6 Å². The average Bonchev–Trinajstić information content (AvgIpc) is 2.44. The van der Waals surface area contributed by atoms with Crippen LogP contribution in [0.2, 0.25) is 0 Å². The molecule has 20 heavy (non-hydrogen) atoms. The van der Waals surface area contributed by atoms with Crippen molar-refractivity contribution in [3.05, 3.63) is 28.0 Å². The van der Waals surface area contributed by atoms with Gasteiger partial charge in [0.15, 0.2) is 5.82 Å². The topological polar surface area (TPSA) is 38.0 Å². The summed E-state index contributed by atoms with van der Waals surface area (Å²) in [5.74, 6) is 0.313. The number of benzene rings is 1. The summed E-state index contributed by atoms with van der Waals surface area (Å²) in [6.07, 6.45) is 5.95. The molecule has 0 heterocycles. The molecule has 1 fully saturated rings. The summed E-state index contributed by atoms with van der Waals surface area (Å²) < 4.78 is 14.7. The van der Waals surface area contributed by atoms with Crippen LogP contribution in [-0.2, 0) is 0 Å². The lowest BCUT2D eigenvalue weighted by Crippen LogP contribution is -2.32. The number of halogens is 2. The van der Waals surface area contributed by atoms with Crippen molar-refractivity contribution in [3.63, 3.8) is 0 Å². The van der Waals surface area contributed by atoms with Gasteiger partial charge in [0.05, 0.1) is 10.2 Å². The smallest absolute Gasteiger partial charge is 0.161 e. The van der Waals surface area contributed by atoms with Crippen LogP contribution in [-0.4, -0.2) is 11.0 Å². The third-order valence-electron chi connectivity index (χ3n) is 4.12. The van der Waals surface area contributed by atoms with Crippen molar-refractivity contribution in [1.29, 1.82) is 0 Å². The summed E-state index contributed by atoms with van der Waals surface area (Å²) in [5, 5.41) is 3.37. The Balaban J connectivity index is 2.21. The van der Waals surface area contributed by atoms with Gasteiger partial charge in [-0.15, -0.1) is 0 Å². The average molecular weight is 359 g/mol. The van der Waals surface area contributed by atoms with E-state index in [2.05, 4.69) is 28.2 Å². The summed E-state index contributed by atoms with van der Waals surface area (Å²) >= 11 is 8.16. The molecule has 1 aliphatic rings. The number of nitrogens with one attached hydrogen (secondary N) is 1. The van der Waals surface area contributed by atoms with Crippen LogP contribution in [0.1, 0.15) is 44.6 Å². The van der Waals surface area contributed by atoms with Gasteiger partial charge in [0.2, 0.25) is 0 Å². The van der Waals surface area contributed by atoms with Crippen molar-refractivity contribution in [2.24, 2.45) is 11.7 Å². The summed E-state index contributed by atoms with van der Waals surface area (Å²) in [4.78, 5) is 0.200. The highest BCUT2D eigenvalue weighted by Crippen LogP contribution is 2.32. The first-order valence-electron chi connectivity index (χ1n) is 7.09. The lowest BCUT2D eigenvalue weighted by Gasteiger charge is -2.32. The molecule has 2 unspecified atom stereocenters. The Labute approximate surface area is 133 Å². The predicted octanol–water partition coefficient (Wildman–Crippen LogP) is 4.60. The maximum Gasteiger partial charge on any atom is 0.161 e. The van der Waals surface area contributed by atoms with E-state index in [0.717, 1.165) is 12.8 Å². The van der Waals surface area contributed by atoms with Gasteiger partial charge in [0.1, 0.15) is 4.99 Å². The Hall–Kier alpha value is -0.680. The second-order valence-corrected chi connectivity index (χ2v) is 6.59. The lowest BCUT2D eigenvalue weighted by molar-refractivity contribution is 0.316. The van der Waals surface area contributed by atoms with E-state index in [1.165, 1.54) is 19.3 Å². The fraction of sp³-hybridized carbons (Fsp3) is 0.533. The molecule has 0 aliphatic heterocycles. The second-order valence-electron chi connectivity index (χ2n) is 5.36. The van der Waals surface area contributed by atoms with Gasteiger partial charge < -0.3 is 11.1 Å². The van der Waals surface area contributed by atoms with Crippen LogP contribution >= 0.6 is 28.1 Å². The molecule has 1 aromatic carbocycles. The van der Waals surface area contributed by atoms with E-state index in [1.807, 2.05) is 0 Å². The minimum Gasteiger partial charge on any atom is -0.389 e. The second kappa shape index (κ2) is 6.85. The highest BCUT2D eigenvalue weighted by Gasteiger charge is 2.25. The molecule has 1 aromatic rings. The Morgan fingerprint density at radius 1 is 1.45 bits per heavy atom. The Morgan fingerprint density at radius 2 is 2.15 bits per heavy atom. The molecular weight excluding hydrogens is 339 g/mol. The minimum absolute atomic E-state index is 0.200. The number of thiocarbonyl (C=S) groups is 1. The summed E-state index contributed by atoms with van der Waals surface area (Å²) in [5.41, 5.74) is 6.65. The molecule has 0 amide bonds. The van der Waals surface area contributed by atoms with Crippen LogP contribution in [0.5, 0.6) is 0 Å². The van der Waals surface area contributed by atoms with Gasteiger partial charge in [-0.1, -0.05) is 38.4 Å². The Bertz CT molecular complexity index is 507. The standard InChI is InChI=1S/C15H20BrFN2S/c1-2-9-5-3-4-6-11(9)19-12-8-7-10(15(18)20)13(16)14(12)17/h7-9,11,19H,2-6H2,1H3,(H2,18,20). The predicted molar refractivity (Wildman–Crippen MR) is 89.6 cm³/mol. The molecule has 0 bridgehead atoms. The maximum absolute atomic E-state index is 14.4. The first-order valence-corrected chi connectivity index (χ1v) is 8.29. The van der Waals surface area contributed by atoms with E-state index in [-0.39, 0.29) is 10.8 Å². The quantitative estimate of drug-likeness (QED) is 0.772. The zero-order chi connectivity index (χ0) is 14.7. The molecule has 2 nitrogen and oxygen atoms in total. The fourth-order valence-electron chi connectivity index (χ4n) is 2.94. The number of anilines is 1. The summed E-state index contributed by atoms with van der Waals surface area (Å²) in [7, 11) is 0. The van der Waals surface area contributed by atoms with E-state index in [1.54, 1.807) is 12.1 Å². The van der Waals surface area contributed by atoms with E-state index in [9.17, 15) is 4.39 Å². The third kappa shape index (κ3) is 3.31. The molecule has 3 N–H and O–H groups in total. The van der Waals surface area contributed by atoms with Crippen LogP contribution in [0.4, 0.5) is 10.1 Å². The molecule has 2 rings (SSSR count). The highest BCUT2D eigenvalue weighted by atomic mass is 79.9. The zero-order valence-corrected chi connectivity index (χ0v) is 14.0. The van der Waals surface area contributed by atoms with Gasteiger partial charge in [-0.25, -0.2) is 4.39 Å². The summed E-state index contributed by atoms with van der Waals surface area (Å²) in [6, 6.07) is 3.85. The molecule has 1 saturated carbocycles. The maximum atomic E-state index is 14.4. The lowest BCUT2D eigenvalue weighted by atomic mass is 9.83. The Morgan fingerprint density at radius 3 is 2.80 bits per heavy atom. The Kier molecular flexibility index (Phi) is 5.38. The van der Waals surface area contributed by atoms with E-state index >= 15 is 0 Å². The van der Waals surface area contributed by atoms with Crippen LogP contribution in [0, 0.1) is 11.7 Å². The molecular formula is C15H20BrFN2S. The molecule has 0 radical (unpaired) electrons.